The van der Waals surface area contributed by atoms with E-state index in [1.54, 1.807) is 0 Å². The highest BCUT2D eigenvalue weighted by Gasteiger charge is 2.34. The van der Waals surface area contributed by atoms with Crippen LogP contribution in [0.25, 0.3) is 0 Å². The molecule has 26 heavy (non-hydrogen) atoms. The van der Waals surface area contributed by atoms with Gasteiger partial charge in [0.2, 0.25) is 0 Å². The third-order valence-electron chi connectivity index (χ3n) is 4.72. The Morgan fingerprint density at radius 1 is 1.38 bits per heavy atom. The summed E-state index contributed by atoms with van der Waals surface area (Å²) in [6, 6.07) is 0.0618. The molecule has 3 N–H and O–H groups in total. The fraction of sp³-hybridized carbons (Fsp3) is 0.667. The molecule has 0 saturated carbocycles. The molecule has 0 amide bonds. The van der Waals surface area contributed by atoms with Crippen LogP contribution < -0.4 is 10.6 Å². The van der Waals surface area contributed by atoms with Crippen LogP contribution in [0.3, 0.4) is 0 Å². The molecule has 8 heteroatoms. The number of nitrogens with one attached hydrogen (secondary N) is 2. The second-order valence-corrected chi connectivity index (χ2v) is 12.3. The van der Waals surface area contributed by atoms with Crippen molar-refractivity contribution in [3.8, 4) is 0 Å². The van der Waals surface area contributed by atoms with Crippen molar-refractivity contribution in [1.29, 1.82) is 0 Å². The Morgan fingerprint density at radius 3 is 2.73 bits per heavy atom. The van der Waals surface area contributed by atoms with Gasteiger partial charge >= 0.3 is 0 Å². The lowest BCUT2D eigenvalue weighted by Gasteiger charge is -2.37. The number of nitrogens with zero attached hydrogens (tertiary/aromatic N) is 1. The fourth-order valence-corrected chi connectivity index (χ4v) is 6.53. The zero-order chi connectivity index (χ0) is 19.3. The van der Waals surface area contributed by atoms with Gasteiger partial charge in [-0.05, 0) is 25.0 Å². The van der Waals surface area contributed by atoms with E-state index < -0.39 is 0 Å². The first-order valence-corrected chi connectivity index (χ1v) is 14.0. The minimum absolute atomic E-state index is 0.0497. The SMILES string of the molecule is CCC(NC(C1=C(O)C2NCCC=C2C=C1)C(I)C(C)I)N(I)CCI. The van der Waals surface area contributed by atoms with Gasteiger partial charge in [0.25, 0.3) is 0 Å². The fourth-order valence-electron chi connectivity index (χ4n) is 3.28. The van der Waals surface area contributed by atoms with Crippen molar-refractivity contribution in [2.24, 2.45) is 0 Å². The van der Waals surface area contributed by atoms with Crippen LogP contribution in [-0.4, -0.2) is 51.8 Å². The first-order valence-electron chi connectivity index (χ1n) is 8.97. The van der Waals surface area contributed by atoms with E-state index in [0.717, 1.165) is 35.9 Å². The number of halogens is 4. The zero-order valence-electron chi connectivity index (χ0n) is 15.1. The highest BCUT2D eigenvalue weighted by Crippen LogP contribution is 2.32. The number of rotatable bonds is 9. The summed E-state index contributed by atoms with van der Waals surface area (Å²) in [5, 5.41) is 18.4. The van der Waals surface area contributed by atoms with Gasteiger partial charge in [-0.1, -0.05) is 99.8 Å². The predicted molar refractivity (Wildman–Crippen MR) is 145 cm³/mol. The molecule has 0 spiro atoms. The summed E-state index contributed by atoms with van der Waals surface area (Å²) in [5.41, 5.74) is 2.22. The van der Waals surface area contributed by atoms with E-state index in [1.165, 1.54) is 5.57 Å². The van der Waals surface area contributed by atoms with Crippen LogP contribution in [0.1, 0.15) is 26.7 Å². The van der Waals surface area contributed by atoms with E-state index in [2.05, 4.69) is 136 Å². The molecule has 0 aromatic carbocycles. The van der Waals surface area contributed by atoms with Crippen molar-refractivity contribution >= 4 is 90.6 Å². The Morgan fingerprint density at radius 2 is 2.12 bits per heavy atom. The minimum Gasteiger partial charge on any atom is -0.510 e. The maximum Gasteiger partial charge on any atom is 0.118 e. The molecular weight excluding hydrogens is 782 g/mol. The first-order chi connectivity index (χ1) is 12.4. The second-order valence-electron chi connectivity index (χ2n) is 6.56. The maximum atomic E-state index is 11.1. The normalized spacial score (nSPS) is 24.9. The summed E-state index contributed by atoms with van der Waals surface area (Å²) >= 11 is 9.89. The lowest BCUT2D eigenvalue weighted by Crippen LogP contribution is -2.52. The van der Waals surface area contributed by atoms with Gasteiger partial charge in [-0.25, -0.2) is 3.11 Å². The standard InChI is InChI=1S/C18H27I4N3O/c1-3-14(25(22)10-8-19)24-17(15(21)11(2)20)13-7-6-12-5-4-9-23-16(12)18(13)26/h5-7,11,14-17,23-24,26H,3-4,8-10H2,1-2H3. The van der Waals surface area contributed by atoms with E-state index in [4.69, 9.17) is 0 Å². The predicted octanol–water partition coefficient (Wildman–Crippen LogP) is 5.07. The smallest absolute Gasteiger partial charge is 0.118 e. The number of fused-ring (bicyclic) bond motifs is 1. The number of aliphatic hydroxyl groups is 1. The molecule has 0 aromatic rings. The van der Waals surface area contributed by atoms with Gasteiger partial charge in [0.05, 0.1) is 12.2 Å². The molecule has 0 bridgehead atoms. The average molecular weight is 809 g/mol. The van der Waals surface area contributed by atoms with Crippen LogP contribution >= 0.6 is 90.6 Å². The van der Waals surface area contributed by atoms with Crippen LogP contribution in [0.4, 0.5) is 0 Å². The van der Waals surface area contributed by atoms with Crippen LogP contribution in [0.15, 0.2) is 35.1 Å². The van der Waals surface area contributed by atoms with Gasteiger partial charge in [0, 0.05) is 53.3 Å². The summed E-state index contributed by atoms with van der Waals surface area (Å²) in [6.45, 7) is 6.43. The Kier molecular flexibility index (Phi) is 11.0. The Labute approximate surface area is 212 Å². The van der Waals surface area contributed by atoms with E-state index in [1.807, 2.05) is 0 Å². The van der Waals surface area contributed by atoms with Gasteiger partial charge in [0.15, 0.2) is 0 Å². The summed E-state index contributed by atoms with van der Waals surface area (Å²) < 4.78 is 4.32. The lowest BCUT2D eigenvalue weighted by molar-refractivity contribution is 0.292. The molecule has 0 aromatic heterocycles. The Bertz CT molecular complexity index is 565. The molecule has 4 nitrogen and oxygen atoms in total. The van der Waals surface area contributed by atoms with Crippen LogP contribution in [0, 0.1) is 0 Å². The molecule has 2 aliphatic rings. The van der Waals surface area contributed by atoms with Crippen molar-refractivity contribution in [3.05, 3.63) is 35.1 Å². The van der Waals surface area contributed by atoms with Crippen molar-refractivity contribution < 1.29 is 5.11 Å². The lowest BCUT2D eigenvalue weighted by atomic mass is 9.87. The summed E-state index contributed by atoms with van der Waals surface area (Å²) in [7, 11) is 0. The van der Waals surface area contributed by atoms with Crippen molar-refractivity contribution in [1.82, 2.24) is 13.7 Å². The van der Waals surface area contributed by atoms with Crippen LogP contribution in [-0.2, 0) is 0 Å². The van der Waals surface area contributed by atoms with E-state index in [9.17, 15) is 5.11 Å². The van der Waals surface area contributed by atoms with Gasteiger partial charge in [-0.15, -0.1) is 0 Å². The molecular formula is C18H27I4N3O. The molecule has 1 aliphatic heterocycles. The maximum absolute atomic E-state index is 11.1. The molecule has 5 unspecified atom stereocenters. The zero-order valence-corrected chi connectivity index (χ0v) is 23.7. The highest BCUT2D eigenvalue weighted by atomic mass is 127. The molecule has 0 saturated heterocycles. The highest BCUT2D eigenvalue weighted by molar-refractivity contribution is 14.1. The third-order valence-corrected chi connectivity index (χ3v) is 10.3. The number of hydrogen-bond donors (Lipinski definition) is 3. The van der Waals surface area contributed by atoms with Crippen molar-refractivity contribution in [3.63, 3.8) is 0 Å². The largest absolute Gasteiger partial charge is 0.510 e. The monoisotopic (exact) mass is 809 g/mol. The first kappa shape index (κ1) is 24.1. The Hall–Kier alpha value is 1.82. The summed E-state index contributed by atoms with van der Waals surface area (Å²) in [6.07, 6.45) is 8.87. The molecule has 148 valence electrons. The summed E-state index contributed by atoms with van der Waals surface area (Å²) in [5.74, 6) is 0.485. The molecule has 1 heterocycles. The quantitative estimate of drug-likeness (QED) is 0.132. The van der Waals surface area contributed by atoms with Gasteiger partial charge in [-0.3, -0.25) is 5.32 Å². The van der Waals surface area contributed by atoms with E-state index >= 15 is 0 Å². The molecule has 1 aliphatic carbocycles. The van der Waals surface area contributed by atoms with E-state index in [-0.39, 0.29) is 18.2 Å². The Balaban J connectivity index is 2.31. The third kappa shape index (κ3) is 6.16. The number of hydrogen-bond acceptors (Lipinski definition) is 4. The average Bonchev–Trinajstić information content (AvgIpc) is 2.63. The summed E-state index contributed by atoms with van der Waals surface area (Å²) in [4.78, 5) is 0. The van der Waals surface area contributed by atoms with Gasteiger partial charge < -0.3 is 10.4 Å². The topological polar surface area (TPSA) is 47.5 Å². The second kappa shape index (κ2) is 11.9. The van der Waals surface area contributed by atoms with Crippen molar-refractivity contribution in [2.45, 2.75) is 52.8 Å². The van der Waals surface area contributed by atoms with Gasteiger partial charge in [0.1, 0.15) is 5.76 Å². The molecule has 5 atom stereocenters. The van der Waals surface area contributed by atoms with Gasteiger partial charge in [-0.2, -0.15) is 0 Å². The minimum atomic E-state index is -0.0497. The van der Waals surface area contributed by atoms with Crippen LogP contribution in [0.2, 0.25) is 0 Å². The van der Waals surface area contributed by atoms with Crippen LogP contribution in [0.5, 0.6) is 0 Å². The van der Waals surface area contributed by atoms with E-state index in [0.29, 0.717) is 13.6 Å². The molecule has 0 fully saturated rings. The molecule has 2 rings (SSSR count). The molecule has 0 radical (unpaired) electrons. The number of aliphatic hydroxyl groups excluding tert-OH is 1. The van der Waals surface area contributed by atoms with Crippen molar-refractivity contribution in [2.75, 3.05) is 17.5 Å². The number of alkyl halides is 3.